The first-order valence-electron chi connectivity index (χ1n) is 19.2. The number of unbranched alkanes of at least 4 members (excludes halogenated alkanes) is 19. The van der Waals surface area contributed by atoms with E-state index >= 15 is 0 Å². The highest BCUT2D eigenvalue weighted by molar-refractivity contribution is 5.38. The van der Waals surface area contributed by atoms with E-state index < -0.39 is 0 Å². The summed E-state index contributed by atoms with van der Waals surface area (Å²) in [6.45, 7) is 12.2. The van der Waals surface area contributed by atoms with Crippen molar-refractivity contribution < 1.29 is 14.6 Å². The van der Waals surface area contributed by atoms with Gasteiger partial charge in [-0.25, -0.2) is 0 Å². The lowest BCUT2D eigenvalue weighted by atomic mass is 10.0. The molecule has 0 radical (unpaired) electrons. The molecule has 1 heterocycles. The summed E-state index contributed by atoms with van der Waals surface area (Å²) in [6, 6.07) is 6.62. The average Bonchev–Trinajstić information content (AvgIpc) is 3.03. The molecule has 0 bridgehead atoms. The summed E-state index contributed by atoms with van der Waals surface area (Å²) in [5, 5.41) is 9.19. The highest BCUT2D eigenvalue weighted by Gasteiger charge is 2.16. The zero-order valence-electron chi connectivity index (χ0n) is 29.3. The van der Waals surface area contributed by atoms with Gasteiger partial charge in [0.25, 0.3) is 0 Å². The van der Waals surface area contributed by atoms with E-state index in [1.54, 1.807) is 0 Å². The molecule has 1 saturated heterocycles. The number of aryl methyl sites for hydroxylation is 1. The molecule has 1 aliphatic rings. The van der Waals surface area contributed by atoms with Crippen molar-refractivity contribution in [1.29, 1.82) is 0 Å². The Morgan fingerprint density at radius 3 is 1.39 bits per heavy atom. The molecule has 0 spiro atoms. The lowest BCUT2D eigenvalue weighted by molar-refractivity contribution is 0.101. The van der Waals surface area contributed by atoms with Gasteiger partial charge in [0, 0.05) is 45.3 Å². The fourth-order valence-corrected chi connectivity index (χ4v) is 6.39. The summed E-state index contributed by atoms with van der Waals surface area (Å²) < 4.78 is 12.6. The Hall–Kier alpha value is -1.30. The molecule has 256 valence electrons. The average molecular weight is 617 g/mol. The van der Waals surface area contributed by atoms with Crippen LogP contribution in [0.3, 0.4) is 0 Å². The van der Waals surface area contributed by atoms with Crippen LogP contribution >= 0.6 is 0 Å². The van der Waals surface area contributed by atoms with Crippen molar-refractivity contribution in [2.75, 3.05) is 59.1 Å². The summed E-state index contributed by atoms with van der Waals surface area (Å²) in [4.78, 5) is 4.82. The van der Waals surface area contributed by atoms with Crippen LogP contribution in [-0.2, 0) is 6.42 Å². The highest BCUT2D eigenvalue weighted by atomic mass is 16.5. The number of rotatable bonds is 30. The molecule has 2 rings (SSSR count). The predicted molar refractivity (Wildman–Crippen MR) is 189 cm³/mol. The zero-order valence-corrected chi connectivity index (χ0v) is 29.3. The zero-order chi connectivity index (χ0) is 31.3. The second-order valence-corrected chi connectivity index (χ2v) is 13.4. The molecule has 0 unspecified atom stereocenters. The lowest BCUT2D eigenvalue weighted by Gasteiger charge is -2.34. The number of hydrogen-bond acceptors (Lipinski definition) is 5. The molecular weight excluding hydrogens is 544 g/mol. The van der Waals surface area contributed by atoms with Gasteiger partial charge in [0.15, 0.2) is 0 Å². The van der Waals surface area contributed by atoms with Crippen LogP contribution in [0.1, 0.15) is 154 Å². The van der Waals surface area contributed by atoms with Gasteiger partial charge >= 0.3 is 0 Å². The summed E-state index contributed by atoms with van der Waals surface area (Å²) in [5.74, 6) is 1.94. The van der Waals surface area contributed by atoms with Gasteiger partial charge < -0.3 is 14.6 Å². The smallest absolute Gasteiger partial charge is 0.123 e. The minimum Gasteiger partial charge on any atom is -0.493 e. The maximum absolute atomic E-state index is 9.19. The molecular formula is C39H72N2O3. The van der Waals surface area contributed by atoms with Crippen LogP contribution in [0.2, 0.25) is 0 Å². The van der Waals surface area contributed by atoms with Crippen LogP contribution < -0.4 is 9.47 Å². The van der Waals surface area contributed by atoms with Crippen LogP contribution in [-0.4, -0.2) is 74.0 Å². The van der Waals surface area contributed by atoms with E-state index in [0.717, 1.165) is 70.2 Å². The van der Waals surface area contributed by atoms with E-state index in [9.17, 15) is 5.11 Å². The summed E-state index contributed by atoms with van der Waals surface area (Å²) in [6.07, 6.45) is 29.8. The fourth-order valence-electron chi connectivity index (χ4n) is 6.39. The van der Waals surface area contributed by atoms with Gasteiger partial charge in [0.05, 0.1) is 13.2 Å². The third kappa shape index (κ3) is 20.7. The van der Waals surface area contributed by atoms with Gasteiger partial charge in [0.2, 0.25) is 0 Å². The molecule has 0 amide bonds. The number of β-amino-alcohol motifs (C(OH)–C–C–N with tert-alkyl or cyclic N) is 1. The van der Waals surface area contributed by atoms with E-state index in [0.29, 0.717) is 6.61 Å². The van der Waals surface area contributed by atoms with Crippen LogP contribution in [0.15, 0.2) is 18.2 Å². The Bertz CT molecular complexity index is 766. The second-order valence-electron chi connectivity index (χ2n) is 13.4. The number of piperazine rings is 1. The van der Waals surface area contributed by atoms with Crippen molar-refractivity contribution >= 4 is 0 Å². The quantitative estimate of drug-likeness (QED) is 0.0872. The fraction of sp³-hybridized carbons (Fsp3) is 0.846. The lowest BCUT2D eigenvalue weighted by Crippen LogP contribution is -2.48. The standard InChI is InChI=1S/C39H72N2O3/c1-3-5-7-9-11-13-14-15-16-17-18-20-22-24-37-34-38(43-32-23-21-19-12-10-8-6-4-2)36-39(35-37)44-33-30-41-27-25-40(26-28-41)29-31-42/h34-36,42H,3-33H2,1-2H3. The Morgan fingerprint density at radius 1 is 0.500 bits per heavy atom. The predicted octanol–water partition coefficient (Wildman–Crippen LogP) is 9.83. The van der Waals surface area contributed by atoms with Gasteiger partial charge in [-0.1, -0.05) is 136 Å². The number of hydrogen-bond donors (Lipinski definition) is 1. The van der Waals surface area contributed by atoms with Crippen LogP contribution in [0.4, 0.5) is 0 Å². The molecule has 1 aromatic carbocycles. The largest absolute Gasteiger partial charge is 0.493 e. The molecule has 0 aliphatic carbocycles. The molecule has 1 N–H and O–H groups in total. The number of nitrogens with zero attached hydrogens (tertiary/aromatic N) is 2. The molecule has 0 aromatic heterocycles. The maximum Gasteiger partial charge on any atom is 0.123 e. The van der Waals surface area contributed by atoms with Gasteiger partial charge in [-0.2, -0.15) is 0 Å². The third-order valence-corrected chi connectivity index (χ3v) is 9.33. The number of aliphatic hydroxyl groups is 1. The Labute approximate surface area is 273 Å². The topological polar surface area (TPSA) is 45.2 Å². The van der Waals surface area contributed by atoms with Gasteiger partial charge in [0.1, 0.15) is 18.1 Å². The molecule has 1 aliphatic heterocycles. The molecule has 0 saturated carbocycles. The molecule has 1 aromatic rings. The first-order valence-corrected chi connectivity index (χ1v) is 19.2. The van der Waals surface area contributed by atoms with Crippen LogP contribution in [0, 0.1) is 0 Å². The molecule has 0 atom stereocenters. The van der Waals surface area contributed by atoms with E-state index in [4.69, 9.17) is 9.47 Å². The molecule has 5 heteroatoms. The van der Waals surface area contributed by atoms with Gasteiger partial charge in [-0.15, -0.1) is 0 Å². The Morgan fingerprint density at radius 2 is 0.909 bits per heavy atom. The maximum atomic E-state index is 9.19. The SMILES string of the molecule is CCCCCCCCCCCCCCCc1cc(OCCCCCCCCCC)cc(OCCN2CCN(CCO)CC2)c1. The molecule has 44 heavy (non-hydrogen) atoms. The van der Waals surface area contributed by atoms with E-state index in [1.165, 1.54) is 134 Å². The second kappa shape index (κ2) is 28.0. The third-order valence-electron chi connectivity index (χ3n) is 9.33. The minimum absolute atomic E-state index is 0.252. The van der Waals surface area contributed by atoms with Crippen molar-refractivity contribution in [1.82, 2.24) is 9.80 Å². The first-order chi connectivity index (χ1) is 21.7. The summed E-state index contributed by atoms with van der Waals surface area (Å²) in [7, 11) is 0. The van der Waals surface area contributed by atoms with E-state index in [1.807, 2.05) is 0 Å². The number of benzene rings is 1. The summed E-state index contributed by atoms with van der Waals surface area (Å²) in [5.41, 5.74) is 1.36. The van der Waals surface area contributed by atoms with Crippen molar-refractivity contribution in [2.24, 2.45) is 0 Å². The highest BCUT2D eigenvalue weighted by Crippen LogP contribution is 2.25. The minimum atomic E-state index is 0.252. The molecule has 5 nitrogen and oxygen atoms in total. The van der Waals surface area contributed by atoms with E-state index in [2.05, 4.69) is 41.8 Å². The first kappa shape index (κ1) is 38.9. The Balaban J connectivity index is 1.69. The van der Waals surface area contributed by atoms with Gasteiger partial charge in [-0.05, 0) is 37.0 Å². The number of ether oxygens (including phenoxy) is 2. The van der Waals surface area contributed by atoms with Crippen molar-refractivity contribution in [2.45, 2.75) is 155 Å². The van der Waals surface area contributed by atoms with Crippen LogP contribution in [0.25, 0.3) is 0 Å². The van der Waals surface area contributed by atoms with E-state index in [-0.39, 0.29) is 6.61 Å². The van der Waals surface area contributed by atoms with Crippen molar-refractivity contribution in [3.05, 3.63) is 23.8 Å². The van der Waals surface area contributed by atoms with Crippen LogP contribution in [0.5, 0.6) is 11.5 Å². The normalized spacial score (nSPS) is 14.3. The van der Waals surface area contributed by atoms with Gasteiger partial charge in [-0.3, -0.25) is 9.80 Å². The monoisotopic (exact) mass is 617 g/mol. The van der Waals surface area contributed by atoms with Crippen molar-refractivity contribution in [3.8, 4) is 11.5 Å². The molecule has 1 fully saturated rings. The van der Waals surface area contributed by atoms with Crippen molar-refractivity contribution in [3.63, 3.8) is 0 Å². The Kier molecular flexibility index (Phi) is 24.7. The summed E-state index contributed by atoms with van der Waals surface area (Å²) >= 11 is 0. The number of aliphatic hydroxyl groups excluding tert-OH is 1.